The molecule has 4 rings (SSSR count). The van der Waals surface area contributed by atoms with Gasteiger partial charge in [0, 0.05) is 40.8 Å². The maximum absolute atomic E-state index is 9.45. The molecule has 0 saturated heterocycles. The van der Waals surface area contributed by atoms with Crippen molar-refractivity contribution in [1.29, 1.82) is 0 Å². The van der Waals surface area contributed by atoms with Gasteiger partial charge in [-0.3, -0.25) is 0 Å². The lowest BCUT2D eigenvalue weighted by Crippen LogP contribution is -2.75. The summed E-state index contributed by atoms with van der Waals surface area (Å²) in [6.07, 6.45) is 4.41. The van der Waals surface area contributed by atoms with Crippen molar-refractivity contribution in [2.75, 3.05) is 7.11 Å². The molecule has 0 bridgehead atoms. The molecule has 0 aliphatic heterocycles. The van der Waals surface area contributed by atoms with Crippen molar-refractivity contribution >= 4 is 16.6 Å². The third-order valence-corrected chi connectivity index (χ3v) is 5.45. The molecule has 2 atom stereocenters. The van der Waals surface area contributed by atoms with Crippen LogP contribution in [0.1, 0.15) is 42.6 Å². The largest absolute Gasteiger partial charge is 0.508 e. The molecule has 0 spiro atoms. The van der Waals surface area contributed by atoms with E-state index in [1.165, 1.54) is 34.1 Å². The van der Waals surface area contributed by atoms with E-state index >= 15 is 0 Å². The number of aromatic hydroxyl groups is 1. The van der Waals surface area contributed by atoms with Crippen LogP contribution in [0.2, 0.25) is 0 Å². The molecule has 5 N–H and O–H groups in total. The van der Waals surface area contributed by atoms with Gasteiger partial charge < -0.3 is 15.4 Å². The summed E-state index contributed by atoms with van der Waals surface area (Å²) in [6.45, 7) is 2.23. The van der Waals surface area contributed by atoms with Crippen LogP contribution in [-0.2, 0) is 17.7 Å². The molecular formula is C22H28N3O2+. The number of nitrogens with one attached hydrogen (secondary N) is 2. The highest BCUT2D eigenvalue weighted by molar-refractivity contribution is 5.87. The summed E-state index contributed by atoms with van der Waals surface area (Å²) >= 11 is 0. The molecule has 2 unspecified atom stereocenters. The minimum absolute atomic E-state index is 0.319. The Hall–Kier alpha value is -2.34. The normalized spacial score (nSPS) is 17.8. The maximum Gasteiger partial charge on any atom is 0.162 e. The Morgan fingerprint density at radius 3 is 2.85 bits per heavy atom. The number of hydrogen-bond acceptors (Lipinski definition) is 3. The first-order valence-corrected chi connectivity index (χ1v) is 9.68. The van der Waals surface area contributed by atoms with E-state index in [9.17, 15) is 5.11 Å². The fourth-order valence-electron chi connectivity index (χ4n) is 4.24. The van der Waals surface area contributed by atoms with Crippen LogP contribution in [0, 0.1) is 0 Å². The number of fused-ring (bicyclic) bond motifs is 3. The second-order valence-corrected chi connectivity index (χ2v) is 7.56. The zero-order valence-electron chi connectivity index (χ0n) is 16.0. The standard InChI is InChI=1S/C22H27N3O2/c1-14(12-15-6-9-17(26)10-7-15)23-21-5-3-4-18-19-13-16(25-27-2)8-11-20(19)24-22(18)21/h6-11,13-14,21,23-26H,3-5,12H2,1-2H3/p+1. The van der Waals surface area contributed by atoms with Crippen LogP contribution in [-0.4, -0.2) is 23.2 Å². The highest BCUT2D eigenvalue weighted by Gasteiger charge is 2.25. The van der Waals surface area contributed by atoms with E-state index in [0.717, 1.165) is 24.9 Å². The Balaban J connectivity index is 1.53. The van der Waals surface area contributed by atoms with Crippen molar-refractivity contribution in [3.8, 4) is 5.75 Å². The Kier molecular flexibility index (Phi) is 5.16. The number of aromatic nitrogens is 1. The van der Waals surface area contributed by atoms with Gasteiger partial charge >= 0.3 is 0 Å². The Morgan fingerprint density at radius 2 is 2.07 bits per heavy atom. The van der Waals surface area contributed by atoms with Gasteiger partial charge in [0.15, 0.2) is 5.69 Å². The van der Waals surface area contributed by atoms with Gasteiger partial charge in [-0.05, 0) is 61.9 Å². The molecule has 5 nitrogen and oxygen atoms in total. The molecule has 0 saturated carbocycles. The molecule has 0 fully saturated rings. The summed E-state index contributed by atoms with van der Waals surface area (Å²) in [6, 6.07) is 14.7. The first-order chi connectivity index (χ1) is 13.1. The Morgan fingerprint density at radius 1 is 1.26 bits per heavy atom. The van der Waals surface area contributed by atoms with Crippen LogP contribution in [0.25, 0.3) is 10.9 Å². The maximum atomic E-state index is 9.45. The molecule has 0 amide bonds. The average molecular weight is 366 g/mol. The van der Waals surface area contributed by atoms with Crippen LogP contribution in [0.3, 0.4) is 0 Å². The average Bonchev–Trinajstić information content (AvgIpc) is 3.03. The molecule has 142 valence electrons. The third-order valence-electron chi connectivity index (χ3n) is 5.45. The van der Waals surface area contributed by atoms with Gasteiger partial charge in [0.1, 0.15) is 5.75 Å². The molecule has 0 radical (unpaired) electrons. The summed E-state index contributed by atoms with van der Waals surface area (Å²) in [4.78, 5) is 8.83. The van der Waals surface area contributed by atoms with Gasteiger partial charge in [0.05, 0.1) is 7.11 Å². The minimum Gasteiger partial charge on any atom is -0.508 e. The predicted molar refractivity (Wildman–Crippen MR) is 107 cm³/mol. The van der Waals surface area contributed by atoms with Gasteiger partial charge in [-0.15, -0.1) is 0 Å². The minimum atomic E-state index is 0.319. The number of phenols is 1. The van der Waals surface area contributed by atoms with Crippen molar-refractivity contribution in [2.24, 2.45) is 0 Å². The monoisotopic (exact) mass is 366 g/mol. The smallest absolute Gasteiger partial charge is 0.162 e. The number of hydrogen-bond donors (Lipinski definition) is 4. The molecule has 5 heteroatoms. The molecule has 2 aromatic carbocycles. The summed E-state index contributed by atoms with van der Waals surface area (Å²) < 4.78 is 0. The van der Waals surface area contributed by atoms with E-state index in [4.69, 9.17) is 4.84 Å². The van der Waals surface area contributed by atoms with Crippen molar-refractivity contribution in [2.45, 2.75) is 44.7 Å². The number of aryl methyl sites for hydroxylation is 1. The van der Waals surface area contributed by atoms with E-state index in [2.05, 4.69) is 35.4 Å². The molecule has 1 heterocycles. The number of quaternary nitrogens is 1. The van der Waals surface area contributed by atoms with Gasteiger partial charge in [-0.25, -0.2) is 4.84 Å². The number of rotatable bonds is 6. The number of benzene rings is 2. The molecular weight excluding hydrogens is 338 g/mol. The van der Waals surface area contributed by atoms with Crippen molar-refractivity contribution in [1.82, 2.24) is 10.3 Å². The van der Waals surface area contributed by atoms with Crippen molar-refractivity contribution in [3.63, 3.8) is 0 Å². The zero-order valence-corrected chi connectivity index (χ0v) is 16.0. The first-order valence-electron chi connectivity index (χ1n) is 9.68. The van der Waals surface area contributed by atoms with Crippen LogP contribution >= 0.6 is 0 Å². The molecule has 27 heavy (non-hydrogen) atoms. The van der Waals surface area contributed by atoms with E-state index < -0.39 is 0 Å². The summed E-state index contributed by atoms with van der Waals surface area (Å²) in [7, 11) is 1.69. The summed E-state index contributed by atoms with van der Waals surface area (Å²) in [5.41, 5.74) is 8.10. The van der Waals surface area contributed by atoms with Crippen molar-refractivity contribution < 1.29 is 15.4 Å². The van der Waals surface area contributed by atoms with Crippen LogP contribution in [0.4, 0.5) is 5.69 Å². The highest BCUT2D eigenvalue weighted by atomic mass is 16.6. The van der Waals surface area contributed by atoms with Crippen molar-refractivity contribution in [3.05, 3.63) is 59.3 Å². The van der Waals surface area contributed by atoms with E-state index in [0.29, 0.717) is 17.8 Å². The fraction of sp³-hybridized carbons (Fsp3) is 0.364. The number of nitrogens with two attached hydrogens (primary N) is 1. The van der Waals surface area contributed by atoms with Gasteiger partial charge in [-0.2, -0.15) is 5.48 Å². The number of phenolic OH excluding ortho intramolecular Hbond substituents is 1. The molecule has 1 aliphatic carbocycles. The van der Waals surface area contributed by atoms with Crippen LogP contribution < -0.4 is 10.8 Å². The Labute approximate surface area is 159 Å². The first kappa shape index (κ1) is 18.0. The van der Waals surface area contributed by atoms with E-state index in [-0.39, 0.29) is 0 Å². The number of H-pyrrole nitrogens is 1. The van der Waals surface area contributed by atoms with Gasteiger partial charge in [0.2, 0.25) is 0 Å². The summed E-state index contributed by atoms with van der Waals surface area (Å²) in [5, 5.41) is 14.6. The van der Waals surface area contributed by atoms with Gasteiger partial charge in [-0.1, -0.05) is 12.1 Å². The number of aromatic amines is 1. The lowest BCUT2D eigenvalue weighted by atomic mass is 9.91. The predicted octanol–water partition coefficient (Wildman–Crippen LogP) is 3.23. The van der Waals surface area contributed by atoms with E-state index in [1.807, 2.05) is 12.1 Å². The van der Waals surface area contributed by atoms with Crippen LogP contribution in [0.5, 0.6) is 5.75 Å². The quantitative estimate of drug-likeness (QED) is 0.400. The zero-order chi connectivity index (χ0) is 18.8. The second-order valence-electron chi connectivity index (χ2n) is 7.56. The lowest BCUT2D eigenvalue weighted by Gasteiger charge is -2.27. The summed E-state index contributed by atoms with van der Waals surface area (Å²) in [5.74, 6) is 0.319. The highest BCUT2D eigenvalue weighted by Crippen LogP contribution is 2.35. The fourth-order valence-corrected chi connectivity index (χ4v) is 4.24. The van der Waals surface area contributed by atoms with Crippen LogP contribution in [0.15, 0.2) is 42.5 Å². The SMILES string of the molecule is CO[NH2+]c1ccc2[nH]c3c(c2c1)CCCC3NC(C)Cc1ccc(O)cc1. The Bertz CT molecular complexity index is 917. The van der Waals surface area contributed by atoms with Gasteiger partial charge in [0.25, 0.3) is 0 Å². The molecule has 3 aromatic rings. The van der Waals surface area contributed by atoms with E-state index in [1.54, 1.807) is 24.7 Å². The lowest BCUT2D eigenvalue weighted by molar-refractivity contribution is -0.830. The molecule has 1 aliphatic rings. The molecule has 1 aromatic heterocycles. The topological polar surface area (TPSA) is 73.9 Å². The third kappa shape index (κ3) is 3.86. The second kappa shape index (κ2) is 7.72.